The lowest BCUT2D eigenvalue weighted by molar-refractivity contribution is -0.143. The van der Waals surface area contributed by atoms with Gasteiger partial charge in [-0.3, -0.25) is 14.9 Å². The van der Waals surface area contributed by atoms with Gasteiger partial charge in [-0.15, -0.1) is 0 Å². The Labute approximate surface area is 104 Å². The average Bonchev–Trinajstić information content (AvgIpc) is 2.25. The quantitative estimate of drug-likeness (QED) is 0.773. The summed E-state index contributed by atoms with van der Waals surface area (Å²) in [7, 11) is 0. The minimum atomic E-state index is -0.389. The molecule has 1 N–H and O–H groups in total. The summed E-state index contributed by atoms with van der Waals surface area (Å²) < 4.78 is 13.3. The van der Waals surface area contributed by atoms with E-state index in [9.17, 15) is 14.0 Å². The summed E-state index contributed by atoms with van der Waals surface area (Å²) in [6.07, 6.45) is 3.15. The van der Waals surface area contributed by atoms with Crippen molar-refractivity contribution in [2.75, 3.05) is 0 Å². The Bertz CT molecular complexity index is 522. The maximum Gasteiger partial charge on any atom is 0.234 e. The largest absolute Gasteiger partial charge is 0.296 e. The first-order chi connectivity index (χ1) is 8.61. The standard InChI is InChI=1S/C14H14FNO2/c15-10-4-1-3-9(7-10)12-13(18)16-11(17)8-14(12)5-2-6-14/h1,3-4,7,12H,2,5-6,8H2,(H,16,17,18). The first kappa shape index (κ1) is 11.4. The van der Waals surface area contributed by atoms with Gasteiger partial charge in [0.25, 0.3) is 0 Å². The van der Waals surface area contributed by atoms with E-state index in [-0.39, 0.29) is 29.0 Å². The van der Waals surface area contributed by atoms with Crippen LogP contribution in [-0.4, -0.2) is 11.8 Å². The van der Waals surface area contributed by atoms with Crippen LogP contribution in [0.1, 0.15) is 37.2 Å². The number of benzene rings is 1. The van der Waals surface area contributed by atoms with E-state index in [0.29, 0.717) is 12.0 Å². The molecule has 2 aliphatic rings. The molecule has 18 heavy (non-hydrogen) atoms. The van der Waals surface area contributed by atoms with Crippen molar-refractivity contribution in [3.8, 4) is 0 Å². The number of halogens is 1. The number of carbonyl (C=O) groups is 2. The van der Waals surface area contributed by atoms with Gasteiger partial charge in [-0.1, -0.05) is 18.6 Å². The van der Waals surface area contributed by atoms with Crippen LogP contribution in [-0.2, 0) is 9.59 Å². The fourth-order valence-electron chi connectivity index (χ4n) is 3.24. The highest BCUT2D eigenvalue weighted by atomic mass is 19.1. The molecule has 1 aromatic carbocycles. The van der Waals surface area contributed by atoms with Crippen LogP contribution in [0.2, 0.25) is 0 Å². The number of carbonyl (C=O) groups excluding carboxylic acids is 2. The molecule has 1 aliphatic carbocycles. The third kappa shape index (κ3) is 1.64. The Balaban J connectivity index is 2.02. The molecule has 2 fully saturated rings. The van der Waals surface area contributed by atoms with Gasteiger partial charge >= 0.3 is 0 Å². The Morgan fingerprint density at radius 2 is 2.06 bits per heavy atom. The van der Waals surface area contributed by atoms with Crippen LogP contribution in [0.3, 0.4) is 0 Å². The van der Waals surface area contributed by atoms with Crippen molar-refractivity contribution in [3.63, 3.8) is 0 Å². The van der Waals surface area contributed by atoms with Crippen molar-refractivity contribution in [2.24, 2.45) is 5.41 Å². The normalized spacial score (nSPS) is 25.7. The molecule has 1 unspecified atom stereocenters. The maximum absolute atomic E-state index is 13.3. The zero-order valence-corrected chi connectivity index (χ0v) is 9.91. The van der Waals surface area contributed by atoms with Crippen molar-refractivity contribution in [3.05, 3.63) is 35.6 Å². The number of nitrogens with one attached hydrogen (secondary N) is 1. The van der Waals surface area contributed by atoms with Crippen molar-refractivity contribution in [1.82, 2.24) is 5.32 Å². The first-order valence-corrected chi connectivity index (χ1v) is 6.20. The predicted octanol–water partition coefficient (Wildman–Crippen LogP) is 2.13. The van der Waals surface area contributed by atoms with E-state index in [0.717, 1.165) is 19.3 Å². The van der Waals surface area contributed by atoms with E-state index >= 15 is 0 Å². The van der Waals surface area contributed by atoms with E-state index in [2.05, 4.69) is 5.32 Å². The van der Waals surface area contributed by atoms with Crippen LogP contribution in [0.25, 0.3) is 0 Å². The molecule has 1 heterocycles. The van der Waals surface area contributed by atoms with Gasteiger partial charge in [-0.25, -0.2) is 4.39 Å². The summed E-state index contributed by atoms with van der Waals surface area (Å²) in [5.74, 6) is -1.21. The maximum atomic E-state index is 13.3. The van der Waals surface area contributed by atoms with Gasteiger partial charge in [0.1, 0.15) is 5.82 Å². The Morgan fingerprint density at radius 3 is 2.67 bits per heavy atom. The Kier molecular flexibility index (Phi) is 2.47. The van der Waals surface area contributed by atoms with Crippen LogP contribution in [0.4, 0.5) is 4.39 Å². The van der Waals surface area contributed by atoms with Gasteiger partial charge in [0.05, 0.1) is 5.92 Å². The highest BCUT2D eigenvalue weighted by Gasteiger charge is 2.52. The van der Waals surface area contributed by atoms with Crippen LogP contribution < -0.4 is 5.32 Å². The van der Waals surface area contributed by atoms with Gasteiger partial charge in [0.15, 0.2) is 0 Å². The molecule has 1 spiro atoms. The third-order valence-corrected chi connectivity index (χ3v) is 4.18. The number of hydrogen-bond donors (Lipinski definition) is 1. The molecule has 1 aliphatic heterocycles. The number of rotatable bonds is 1. The smallest absolute Gasteiger partial charge is 0.234 e. The van der Waals surface area contributed by atoms with Crippen LogP contribution in [0.5, 0.6) is 0 Å². The van der Waals surface area contributed by atoms with Crippen molar-refractivity contribution < 1.29 is 14.0 Å². The third-order valence-electron chi connectivity index (χ3n) is 4.18. The van der Waals surface area contributed by atoms with E-state index in [1.807, 2.05) is 0 Å². The molecule has 2 amide bonds. The fourth-order valence-corrected chi connectivity index (χ4v) is 3.24. The van der Waals surface area contributed by atoms with Crippen molar-refractivity contribution >= 4 is 11.8 Å². The second-order valence-corrected chi connectivity index (χ2v) is 5.29. The Hall–Kier alpha value is -1.71. The number of hydrogen-bond acceptors (Lipinski definition) is 2. The number of piperidine rings is 1. The van der Waals surface area contributed by atoms with Gasteiger partial charge in [-0.2, -0.15) is 0 Å². The van der Waals surface area contributed by atoms with E-state index < -0.39 is 0 Å². The molecule has 3 rings (SSSR count). The Morgan fingerprint density at radius 1 is 1.28 bits per heavy atom. The molecule has 1 saturated carbocycles. The molecule has 3 nitrogen and oxygen atoms in total. The molecule has 4 heteroatoms. The minimum Gasteiger partial charge on any atom is -0.296 e. The molecule has 1 saturated heterocycles. The summed E-state index contributed by atoms with van der Waals surface area (Å²) in [5.41, 5.74) is 0.410. The fraction of sp³-hybridized carbons (Fsp3) is 0.429. The predicted molar refractivity (Wildman–Crippen MR) is 63.2 cm³/mol. The average molecular weight is 247 g/mol. The van der Waals surface area contributed by atoms with Crippen molar-refractivity contribution in [2.45, 2.75) is 31.6 Å². The summed E-state index contributed by atoms with van der Waals surface area (Å²) in [5, 5.41) is 2.37. The van der Waals surface area contributed by atoms with Crippen LogP contribution in [0.15, 0.2) is 24.3 Å². The lowest BCUT2D eigenvalue weighted by Crippen LogP contribution is -2.53. The van der Waals surface area contributed by atoms with E-state index in [1.165, 1.54) is 12.1 Å². The highest BCUT2D eigenvalue weighted by molar-refractivity contribution is 6.02. The summed E-state index contributed by atoms with van der Waals surface area (Å²) in [6, 6.07) is 6.15. The van der Waals surface area contributed by atoms with Gasteiger partial charge in [0.2, 0.25) is 11.8 Å². The molecule has 0 radical (unpaired) electrons. The molecule has 0 aromatic heterocycles. The lowest BCUT2D eigenvalue weighted by Gasteiger charge is -2.49. The number of imide groups is 1. The molecule has 1 aromatic rings. The molecular formula is C14H14FNO2. The summed E-state index contributed by atoms with van der Waals surface area (Å²) in [6.45, 7) is 0. The molecule has 94 valence electrons. The highest BCUT2D eigenvalue weighted by Crippen LogP contribution is 2.55. The zero-order valence-electron chi connectivity index (χ0n) is 9.91. The van der Waals surface area contributed by atoms with E-state index in [1.54, 1.807) is 12.1 Å². The zero-order chi connectivity index (χ0) is 12.8. The van der Waals surface area contributed by atoms with Gasteiger partial charge in [0, 0.05) is 6.42 Å². The van der Waals surface area contributed by atoms with Crippen LogP contribution >= 0.6 is 0 Å². The van der Waals surface area contributed by atoms with Gasteiger partial charge in [-0.05, 0) is 36.0 Å². The van der Waals surface area contributed by atoms with E-state index in [4.69, 9.17) is 0 Å². The number of amides is 2. The second-order valence-electron chi connectivity index (χ2n) is 5.29. The summed E-state index contributed by atoms with van der Waals surface area (Å²) >= 11 is 0. The SMILES string of the molecule is O=C1CC2(CCC2)C(c2cccc(F)c2)C(=O)N1. The molecule has 1 atom stereocenters. The topological polar surface area (TPSA) is 46.2 Å². The summed E-state index contributed by atoms with van der Waals surface area (Å²) in [4.78, 5) is 23.6. The van der Waals surface area contributed by atoms with Crippen LogP contribution in [0, 0.1) is 11.2 Å². The first-order valence-electron chi connectivity index (χ1n) is 6.20. The second kappa shape index (κ2) is 3.90. The molecule has 0 bridgehead atoms. The lowest BCUT2D eigenvalue weighted by atomic mass is 9.56. The molecular weight excluding hydrogens is 233 g/mol. The van der Waals surface area contributed by atoms with Crippen molar-refractivity contribution in [1.29, 1.82) is 0 Å². The monoisotopic (exact) mass is 247 g/mol. The minimum absolute atomic E-state index is 0.202. The van der Waals surface area contributed by atoms with Gasteiger partial charge < -0.3 is 0 Å².